The number of hydroxylamine groups is 1. The van der Waals surface area contributed by atoms with Gasteiger partial charge in [-0.1, -0.05) is 0 Å². The molecule has 122 valence electrons. The van der Waals surface area contributed by atoms with Crippen LogP contribution in [0.25, 0.3) is 0 Å². The Morgan fingerprint density at radius 2 is 1.67 bits per heavy atom. The van der Waals surface area contributed by atoms with E-state index in [0.717, 1.165) is 25.9 Å². The Morgan fingerprint density at radius 1 is 1.24 bits per heavy atom. The first-order chi connectivity index (χ1) is 9.57. The first-order valence-corrected chi connectivity index (χ1v) is 6.06. The highest BCUT2D eigenvalue weighted by atomic mass is 19.4. The number of alkyl halides is 3. The Kier molecular flexibility index (Phi) is 7.71. The van der Waals surface area contributed by atoms with E-state index in [1.54, 1.807) is 17.3 Å². The van der Waals surface area contributed by atoms with Crippen molar-refractivity contribution in [2.24, 2.45) is 5.92 Å². The summed E-state index contributed by atoms with van der Waals surface area (Å²) in [5, 5.41) is 15.5. The summed E-state index contributed by atoms with van der Waals surface area (Å²) >= 11 is 0. The van der Waals surface area contributed by atoms with E-state index < -0.39 is 12.1 Å². The van der Waals surface area contributed by atoms with Crippen molar-refractivity contribution in [2.45, 2.75) is 32.4 Å². The van der Waals surface area contributed by atoms with Crippen LogP contribution >= 0.6 is 0 Å². The maximum Gasteiger partial charge on any atom is 0.490 e. The first-order valence-electron chi connectivity index (χ1n) is 6.06. The van der Waals surface area contributed by atoms with Crippen LogP contribution in [0.15, 0.2) is 0 Å². The summed E-state index contributed by atoms with van der Waals surface area (Å²) in [5.74, 6) is -2.72. The van der Waals surface area contributed by atoms with E-state index in [2.05, 4.69) is 0 Å². The normalized spacial score (nSPS) is 15.8. The van der Waals surface area contributed by atoms with Gasteiger partial charge in [0.2, 0.25) is 11.8 Å². The van der Waals surface area contributed by atoms with Crippen molar-refractivity contribution in [1.29, 1.82) is 0 Å². The van der Waals surface area contributed by atoms with Gasteiger partial charge in [0.1, 0.15) is 0 Å². The third kappa shape index (κ3) is 8.12. The zero-order valence-electron chi connectivity index (χ0n) is 11.3. The first kappa shape index (κ1) is 19.2. The number of carbonyl (C=O) groups is 3. The molecule has 0 aromatic heterocycles. The number of aliphatic carboxylic acids is 1. The smallest absolute Gasteiger partial charge is 0.475 e. The number of nitrogens with one attached hydrogen (secondary N) is 1. The second-order valence-corrected chi connectivity index (χ2v) is 4.49. The molecule has 0 saturated carbocycles. The van der Waals surface area contributed by atoms with Crippen molar-refractivity contribution >= 4 is 17.8 Å². The Hall–Kier alpha value is -1.84. The van der Waals surface area contributed by atoms with Gasteiger partial charge in [-0.15, -0.1) is 0 Å². The van der Waals surface area contributed by atoms with Gasteiger partial charge < -0.3 is 10.0 Å². The van der Waals surface area contributed by atoms with Crippen LogP contribution in [0.4, 0.5) is 13.2 Å². The predicted molar refractivity (Wildman–Crippen MR) is 63.2 cm³/mol. The van der Waals surface area contributed by atoms with Gasteiger partial charge in [0.05, 0.1) is 0 Å². The molecule has 1 aliphatic rings. The van der Waals surface area contributed by atoms with Crippen molar-refractivity contribution in [3.05, 3.63) is 0 Å². The van der Waals surface area contributed by atoms with Crippen LogP contribution in [-0.4, -0.2) is 52.3 Å². The summed E-state index contributed by atoms with van der Waals surface area (Å²) in [4.78, 5) is 32.5. The third-order valence-electron chi connectivity index (χ3n) is 2.90. The lowest BCUT2D eigenvalue weighted by molar-refractivity contribution is -0.192. The molecule has 0 spiro atoms. The molecule has 21 heavy (non-hydrogen) atoms. The van der Waals surface area contributed by atoms with Crippen molar-refractivity contribution in [2.75, 3.05) is 13.1 Å². The number of carbonyl (C=O) groups excluding carboxylic acids is 2. The van der Waals surface area contributed by atoms with Crippen molar-refractivity contribution < 1.29 is 37.9 Å². The molecule has 0 radical (unpaired) electrons. The third-order valence-corrected chi connectivity index (χ3v) is 2.90. The second kappa shape index (κ2) is 8.45. The number of hydrogen-bond acceptors (Lipinski definition) is 4. The van der Waals surface area contributed by atoms with Crippen LogP contribution in [0.1, 0.15) is 26.2 Å². The SMILES string of the molecule is CC(=O)N1CCC(CC(=O)NO)CC1.O=C(O)C(F)(F)F. The van der Waals surface area contributed by atoms with Gasteiger partial charge in [0, 0.05) is 26.4 Å². The van der Waals surface area contributed by atoms with E-state index in [4.69, 9.17) is 15.1 Å². The van der Waals surface area contributed by atoms with Crippen LogP contribution in [-0.2, 0) is 14.4 Å². The lowest BCUT2D eigenvalue weighted by Gasteiger charge is -2.30. The Balaban J connectivity index is 0.000000486. The highest BCUT2D eigenvalue weighted by molar-refractivity contribution is 5.75. The molecule has 0 aromatic rings. The minimum atomic E-state index is -5.08. The van der Waals surface area contributed by atoms with Gasteiger partial charge in [-0.3, -0.25) is 14.8 Å². The minimum absolute atomic E-state index is 0.0926. The lowest BCUT2D eigenvalue weighted by Crippen LogP contribution is -2.38. The largest absolute Gasteiger partial charge is 0.490 e. The van der Waals surface area contributed by atoms with Crippen molar-refractivity contribution in [3.8, 4) is 0 Å². The van der Waals surface area contributed by atoms with E-state index in [1.165, 1.54) is 0 Å². The Morgan fingerprint density at radius 3 is 1.95 bits per heavy atom. The van der Waals surface area contributed by atoms with Gasteiger partial charge in [-0.05, 0) is 18.8 Å². The number of halogens is 3. The van der Waals surface area contributed by atoms with Crippen LogP contribution < -0.4 is 5.48 Å². The van der Waals surface area contributed by atoms with Crippen molar-refractivity contribution in [3.63, 3.8) is 0 Å². The fourth-order valence-electron chi connectivity index (χ4n) is 1.76. The van der Waals surface area contributed by atoms with Crippen LogP contribution in [0, 0.1) is 5.92 Å². The minimum Gasteiger partial charge on any atom is -0.475 e. The fourth-order valence-corrected chi connectivity index (χ4v) is 1.76. The number of carboxylic acid groups (broad SMARTS) is 1. The zero-order valence-corrected chi connectivity index (χ0v) is 11.3. The van der Waals surface area contributed by atoms with E-state index in [-0.39, 0.29) is 17.7 Å². The Bertz CT molecular complexity index is 379. The van der Waals surface area contributed by atoms with Crippen LogP contribution in [0.2, 0.25) is 0 Å². The van der Waals surface area contributed by atoms with Crippen LogP contribution in [0.3, 0.4) is 0 Å². The average molecular weight is 314 g/mol. The molecule has 1 saturated heterocycles. The molecule has 1 rings (SSSR count). The van der Waals surface area contributed by atoms with E-state index >= 15 is 0 Å². The summed E-state index contributed by atoms with van der Waals surface area (Å²) in [7, 11) is 0. The molecule has 7 nitrogen and oxygen atoms in total. The molecule has 2 amide bonds. The van der Waals surface area contributed by atoms with Gasteiger partial charge >= 0.3 is 12.1 Å². The summed E-state index contributed by atoms with van der Waals surface area (Å²) in [6.45, 7) is 3.00. The standard InChI is InChI=1S/C9H16N2O3.C2HF3O2/c1-7(12)11-4-2-8(3-5-11)6-9(13)10-14;3-2(4,5)1(6)7/h8,14H,2-6H2,1H3,(H,10,13);(H,6,7). The molecule has 1 aliphatic heterocycles. The molecule has 0 atom stereocenters. The zero-order chi connectivity index (χ0) is 16.6. The molecule has 10 heteroatoms. The average Bonchev–Trinajstić information content (AvgIpc) is 2.38. The topological polar surface area (TPSA) is 107 Å². The number of nitrogens with zero attached hydrogens (tertiary/aromatic N) is 1. The molecule has 0 aromatic carbocycles. The Labute approximate surface area is 118 Å². The molecule has 0 unspecified atom stereocenters. The maximum absolute atomic E-state index is 11.0. The van der Waals surface area contributed by atoms with Crippen LogP contribution in [0.5, 0.6) is 0 Å². The number of likely N-dealkylation sites (tertiary alicyclic amines) is 1. The quantitative estimate of drug-likeness (QED) is 0.515. The number of piperidine rings is 1. The summed E-state index contributed by atoms with van der Waals surface area (Å²) in [6.07, 6.45) is -3.05. The summed E-state index contributed by atoms with van der Waals surface area (Å²) in [6, 6.07) is 0. The number of amides is 2. The van der Waals surface area contributed by atoms with Gasteiger partial charge in [-0.25, -0.2) is 10.3 Å². The highest BCUT2D eigenvalue weighted by Crippen LogP contribution is 2.20. The van der Waals surface area contributed by atoms with Crippen molar-refractivity contribution in [1.82, 2.24) is 10.4 Å². The van der Waals surface area contributed by atoms with E-state index in [0.29, 0.717) is 6.42 Å². The highest BCUT2D eigenvalue weighted by Gasteiger charge is 2.38. The predicted octanol–water partition coefficient (Wildman–Crippen LogP) is 0.774. The second-order valence-electron chi connectivity index (χ2n) is 4.49. The molecule has 0 aliphatic carbocycles. The molecular formula is C11H17F3N2O5. The summed E-state index contributed by atoms with van der Waals surface area (Å²) < 4.78 is 31.7. The molecular weight excluding hydrogens is 297 g/mol. The molecule has 3 N–H and O–H groups in total. The van der Waals surface area contributed by atoms with E-state index in [9.17, 15) is 22.8 Å². The van der Waals surface area contributed by atoms with Gasteiger partial charge in [0.15, 0.2) is 0 Å². The fraction of sp³-hybridized carbons (Fsp3) is 0.727. The number of rotatable bonds is 2. The lowest BCUT2D eigenvalue weighted by atomic mass is 9.93. The molecule has 1 heterocycles. The van der Waals surface area contributed by atoms with E-state index in [1.807, 2.05) is 0 Å². The number of carboxylic acids is 1. The molecule has 0 bridgehead atoms. The van der Waals surface area contributed by atoms with Gasteiger partial charge in [-0.2, -0.15) is 13.2 Å². The monoisotopic (exact) mass is 314 g/mol. The summed E-state index contributed by atoms with van der Waals surface area (Å²) in [5.41, 5.74) is 1.63. The maximum atomic E-state index is 11.0. The van der Waals surface area contributed by atoms with Gasteiger partial charge in [0.25, 0.3) is 0 Å². The number of hydrogen-bond donors (Lipinski definition) is 3. The molecule has 1 fully saturated rings.